The number of hydrogen-bond acceptors (Lipinski definition) is 6. The highest BCUT2D eigenvalue weighted by Crippen LogP contribution is 2.23. The smallest absolute Gasteiger partial charge is 0.329 e. The van der Waals surface area contributed by atoms with E-state index in [-0.39, 0.29) is 18.1 Å². The van der Waals surface area contributed by atoms with Crippen molar-refractivity contribution in [3.8, 4) is 17.3 Å². The van der Waals surface area contributed by atoms with E-state index in [0.29, 0.717) is 11.3 Å². The van der Waals surface area contributed by atoms with E-state index in [0.717, 1.165) is 39.4 Å². The van der Waals surface area contributed by atoms with E-state index in [1.54, 1.807) is 12.3 Å². The molecular formula is C18H16F2IN5O2. The number of ether oxygens (including phenoxy) is 1. The minimum Gasteiger partial charge on any atom is -0.456 e. The van der Waals surface area contributed by atoms with Gasteiger partial charge in [0.2, 0.25) is 0 Å². The van der Waals surface area contributed by atoms with Gasteiger partial charge in [0, 0.05) is 58.5 Å². The van der Waals surface area contributed by atoms with Gasteiger partial charge in [-0.05, 0) is 31.0 Å². The maximum Gasteiger partial charge on any atom is 0.329 e. The molecule has 3 heterocycles. The lowest BCUT2D eigenvalue weighted by Crippen LogP contribution is -2.23. The number of hydrogen-bond donors (Lipinski definition) is 0. The maximum atomic E-state index is 12.8. The van der Waals surface area contributed by atoms with Gasteiger partial charge < -0.3 is 4.74 Å². The highest BCUT2D eigenvalue weighted by atomic mass is 127. The van der Waals surface area contributed by atoms with Crippen molar-refractivity contribution in [1.29, 1.82) is 0 Å². The number of aromatic nitrogens is 5. The zero-order valence-electron chi connectivity index (χ0n) is 15.1. The van der Waals surface area contributed by atoms with Crippen LogP contribution in [0.5, 0.6) is 6.01 Å². The third kappa shape index (κ3) is 5.27. The summed E-state index contributed by atoms with van der Waals surface area (Å²) >= 11 is 0.978. The molecule has 0 amide bonds. The van der Waals surface area contributed by atoms with Crippen molar-refractivity contribution in [1.82, 2.24) is 24.7 Å². The third-order valence-electron chi connectivity index (χ3n) is 3.88. The molecule has 0 fully saturated rings. The van der Waals surface area contributed by atoms with Crippen LogP contribution in [0.15, 0.2) is 41.6 Å². The summed E-state index contributed by atoms with van der Waals surface area (Å²) < 4.78 is 28.8. The number of rotatable bonds is 6. The van der Waals surface area contributed by atoms with Crippen LogP contribution in [-0.4, -0.2) is 35.3 Å². The van der Waals surface area contributed by atoms with Crippen LogP contribution in [0.3, 0.4) is 0 Å². The van der Waals surface area contributed by atoms with Gasteiger partial charge in [-0.3, -0.25) is 9.78 Å². The Hall–Kier alpha value is -2.50. The molecule has 0 aliphatic rings. The van der Waals surface area contributed by atoms with Crippen LogP contribution < -0.4 is 10.3 Å². The monoisotopic (exact) mass is 499 g/mol. The number of pyridine rings is 1. The summed E-state index contributed by atoms with van der Waals surface area (Å²) in [5, 5.41) is 4.34. The summed E-state index contributed by atoms with van der Waals surface area (Å²) in [6, 6.07) is 4.75. The normalized spacial score (nSPS) is 11.5. The first-order valence-corrected chi connectivity index (χ1v) is 9.31. The van der Waals surface area contributed by atoms with Gasteiger partial charge in [0.1, 0.15) is 0 Å². The Bertz CT molecular complexity index is 1040. The molecule has 3 rings (SSSR count). The molecule has 3 aromatic rings. The summed E-state index contributed by atoms with van der Waals surface area (Å²) in [6.45, 7) is 3.32. The van der Waals surface area contributed by atoms with Gasteiger partial charge in [-0.15, -0.1) is 0 Å². The highest BCUT2D eigenvalue weighted by Gasteiger charge is 2.25. The first-order valence-electron chi connectivity index (χ1n) is 8.23. The lowest BCUT2D eigenvalue weighted by molar-refractivity contribution is 0.0603. The SMILES string of the molecule is Cc1cc(Cn2nc(-c3cnc(OCC(F)(F)I)nc3)ccc2=O)cnc1C. The highest BCUT2D eigenvalue weighted by molar-refractivity contribution is 14.1. The standard InChI is InChI=1S/C18H16F2IN5O2/c1-11-5-13(6-22-12(11)2)9-26-16(27)4-3-15(25-26)14-7-23-17(24-8-14)28-10-18(19,20)21/h3-8H,9-10H2,1-2H3. The summed E-state index contributed by atoms with van der Waals surface area (Å²) in [5.41, 5.74) is 3.56. The van der Waals surface area contributed by atoms with Gasteiger partial charge in [-0.1, -0.05) is 6.07 Å². The van der Waals surface area contributed by atoms with Crippen LogP contribution in [0.4, 0.5) is 8.78 Å². The Morgan fingerprint density at radius 2 is 1.86 bits per heavy atom. The number of alkyl halides is 3. The van der Waals surface area contributed by atoms with Crippen molar-refractivity contribution >= 4 is 22.6 Å². The molecule has 146 valence electrons. The van der Waals surface area contributed by atoms with Crippen LogP contribution in [0.2, 0.25) is 0 Å². The van der Waals surface area contributed by atoms with Gasteiger partial charge in [0.25, 0.3) is 5.56 Å². The molecule has 0 N–H and O–H groups in total. The third-order valence-corrected chi connectivity index (χ3v) is 4.20. The van der Waals surface area contributed by atoms with Crippen LogP contribution in [-0.2, 0) is 6.54 Å². The topological polar surface area (TPSA) is 82.8 Å². The van der Waals surface area contributed by atoms with Crippen LogP contribution in [0, 0.1) is 13.8 Å². The molecular weight excluding hydrogens is 483 g/mol. The minimum atomic E-state index is -3.00. The van der Waals surface area contributed by atoms with Crippen LogP contribution in [0.1, 0.15) is 16.8 Å². The maximum absolute atomic E-state index is 12.8. The van der Waals surface area contributed by atoms with E-state index in [2.05, 4.69) is 20.1 Å². The molecule has 0 radical (unpaired) electrons. The largest absolute Gasteiger partial charge is 0.456 e. The predicted molar refractivity (Wildman–Crippen MR) is 107 cm³/mol. The molecule has 0 aliphatic carbocycles. The molecule has 0 saturated carbocycles. The molecule has 0 bridgehead atoms. The Kier molecular flexibility index (Phi) is 5.96. The van der Waals surface area contributed by atoms with E-state index in [1.807, 2.05) is 19.9 Å². The Morgan fingerprint density at radius 3 is 2.50 bits per heavy atom. The van der Waals surface area contributed by atoms with Crippen molar-refractivity contribution in [3.63, 3.8) is 0 Å². The second kappa shape index (κ2) is 8.25. The van der Waals surface area contributed by atoms with Crippen molar-refractivity contribution in [2.75, 3.05) is 6.61 Å². The predicted octanol–water partition coefficient (Wildman–Crippen LogP) is 3.17. The Morgan fingerprint density at radius 1 is 1.14 bits per heavy atom. The molecule has 0 aliphatic heterocycles. The van der Waals surface area contributed by atoms with E-state index in [1.165, 1.54) is 23.1 Å². The number of nitrogens with zero attached hydrogens (tertiary/aromatic N) is 5. The van der Waals surface area contributed by atoms with Crippen molar-refractivity contribution in [2.45, 2.75) is 24.3 Å². The van der Waals surface area contributed by atoms with Crippen molar-refractivity contribution in [2.24, 2.45) is 0 Å². The quantitative estimate of drug-likeness (QED) is 0.383. The first kappa shape index (κ1) is 20.2. The van der Waals surface area contributed by atoms with Gasteiger partial charge >= 0.3 is 9.94 Å². The fourth-order valence-electron chi connectivity index (χ4n) is 2.35. The minimum absolute atomic E-state index is 0.158. The zero-order valence-corrected chi connectivity index (χ0v) is 17.2. The number of halogens is 3. The summed E-state index contributed by atoms with van der Waals surface area (Å²) in [7, 11) is 0. The average molecular weight is 499 g/mol. The van der Waals surface area contributed by atoms with Gasteiger partial charge in [-0.25, -0.2) is 14.6 Å². The van der Waals surface area contributed by atoms with E-state index in [9.17, 15) is 13.6 Å². The number of aryl methyl sites for hydroxylation is 2. The van der Waals surface area contributed by atoms with Crippen LogP contribution >= 0.6 is 22.6 Å². The fraction of sp³-hybridized carbons (Fsp3) is 0.278. The molecule has 0 aromatic carbocycles. The first-order chi connectivity index (χ1) is 13.2. The van der Waals surface area contributed by atoms with Crippen LogP contribution in [0.25, 0.3) is 11.3 Å². The molecule has 0 atom stereocenters. The lowest BCUT2D eigenvalue weighted by Gasteiger charge is -2.10. The summed E-state index contributed by atoms with van der Waals surface area (Å²) in [6.07, 6.45) is 4.52. The molecule has 0 unspecified atom stereocenters. The van der Waals surface area contributed by atoms with Gasteiger partial charge in [-0.2, -0.15) is 13.9 Å². The fourth-order valence-corrected chi connectivity index (χ4v) is 2.50. The van der Waals surface area contributed by atoms with Crippen molar-refractivity contribution in [3.05, 3.63) is 64.0 Å². The lowest BCUT2D eigenvalue weighted by atomic mass is 10.1. The molecule has 0 spiro atoms. The molecule has 7 nitrogen and oxygen atoms in total. The average Bonchev–Trinajstić information content (AvgIpc) is 2.65. The van der Waals surface area contributed by atoms with Gasteiger partial charge in [0.05, 0.1) is 12.2 Å². The van der Waals surface area contributed by atoms with E-state index in [4.69, 9.17) is 4.74 Å². The Balaban J connectivity index is 1.80. The Labute approximate surface area is 173 Å². The molecule has 3 aromatic heterocycles. The zero-order chi connectivity index (χ0) is 20.3. The summed E-state index contributed by atoms with van der Waals surface area (Å²) in [5.74, 6) is 0. The second-order valence-corrected chi connectivity index (χ2v) is 7.70. The van der Waals surface area contributed by atoms with E-state index < -0.39 is 10.5 Å². The summed E-state index contributed by atoms with van der Waals surface area (Å²) in [4.78, 5) is 24.3. The molecule has 28 heavy (non-hydrogen) atoms. The molecule has 0 saturated heterocycles. The van der Waals surface area contributed by atoms with E-state index >= 15 is 0 Å². The van der Waals surface area contributed by atoms with Gasteiger partial charge in [0.15, 0.2) is 6.61 Å². The van der Waals surface area contributed by atoms with Crippen molar-refractivity contribution < 1.29 is 13.5 Å². The second-order valence-electron chi connectivity index (χ2n) is 6.12. The molecule has 10 heteroatoms.